The van der Waals surface area contributed by atoms with E-state index in [4.69, 9.17) is 0 Å². The molecule has 0 amide bonds. The van der Waals surface area contributed by atoms with Gasteiger partial charge in [0.1, 0.15) is 0 Å². The largest absolute Gasteiger partial charge is 0.393 e. The van der Waals surface area contributed by atoms with E-state index >= 15 is 0 Å². The van der Waals surface area contributed by atoms with E-state index in [9.17, 15) is 5.11 Å². The summed E-state index contributed by atoms with van der Waals surface area (Å²) >= 11 is 2.49. The molecule has 0 aromatic carbocycles. The van der Waals surface area contributed by atoms with Crippen molar-refractivity contribution in [2.75, 3.05) is 4.43 Å². The van der Waals surface area contributed by atoms with E-state index in [0.717, 1.165) is 12.3 Å². The molecule has 0 aromatic rings. The van der Waals surface area contributed by atoms with Crippen LogP contribution in [0.5, 0.6) is 0 Å². The molecule has 0 saturated heterocycles. The summed E-state index contributed by atoms with van der Waals surface area (Å²) in [6, 6.07) is 0. The maximum absolute atomic E-state index is 9.94. The average molecular weight is 280 g/mol. The van der Waals surface area contributed by atoms with Gasteiger partial charge in [-0.15, -0.1) is 0 Å². The highest BCUT2D eigenvalue weighted by atomic mass is 127. The minimum Gasteiger partial charge on any atom is -0.393 e. The highest BCUT2D eigenvalue weighted by molar-refractivity contribution is 14.1. The molecule has 2 fully saturated rings. The number of alkyl halides is 1. The van der Waals surface area contributed by atoms with Gasteiger partial charge >= 0.3 is 0 Å². The van der Waals surface area contributed by atoms with E-state index < -0.39 is 0 Å². The second-order valence-electron chi connectivity index (χ2n) is 4.96. The Balaban J connectivity index is 2.38. The lowest BCUT2D eigenvalue weighted by atomic mass is 9.70. The molecule has 2 saturated carbocycles. The summed E-state index contributed by atoms with van der Waals surface area (Å²) in [6.45, 7) is 4.65. The van der Waals surface area contributed by atoms with Crippen molar-refractivity contribution < 1.29 is 5.11 Å². The summed E-state index contributed by atoms with van der Waals surface area (Å²) in [5.41, 5.74) is 0.631. The highest BCUT2D eigenvalue weighted by Crippen LogP contribution is 2.66. The third-order valence-electron chi connectivity index (χ3n) is 4.74. The first-order chi connectivity index (χ1) is 5.54. The Bertz CT molecular complexity index is 204. The molecular weight excluding hydrogens is 263 g/mol. The van der Waals surface area contributed by atoms with Gasteiger partial charge in [-0.25, -0.2) is 0 Å². The molecule has 0 unspecified atom stereocenters. The molecule has 0 aliphatic heterocycles. The van der Waals surface area contributed by atoms with Crippen LogP contribution in [0.4, 0.5) is 0 Å². The van der Waals surface area contributed by atoms with Gasteiger partial charge in [0.25, 0.3) is 0 Å². The summed E-state index contributed by atoms with van der Waals surface area (Å²) in [6.07, 6.45) is 3.59. The van der Waals surface area contributed by atoms with Crippen LogP contribution in [0.2, 0.25) is 0 Å². The second-order valence-corrected chi connectivity index (χ2v) is 5.72. The summed E-state index contributed by atoms with van der Waals surface area (Å²) in [7, 11) is 0. The first-order valence-electron chi connectivity index (χ1n) is 4.78. The van der Waals surface area contributed by atoms with Gasteiger partial charge in [0.2, 0.25) is 0 Å². The van der Waals surface area contributed by atoms with Crippen molar-refractivity contribution in [2.45, 2.75) is 39.2 Å². The first kappa shape index (κ1) is 9.25. The zero-order valence-corrected chi connectivity index (χ0v) is 9.97. The minimum absolute atomic E-state index is 0.0315. The molecule has 0 heterocycles. The Morgan fingerprint density at radius 3 is 2.42 bits per heavy atom. The number of rotatable bonds is 1. The fraction of sp³-hybridized carbons (Fsp3) is 1.00. The van der Waals surface area contributed by atoms with Crippen LogP contribution in [0.1, 0.15) is 33.1 Å². The van der Waals surface area contributed by atoms with Crippen LogP contribution in [0.15, 0.2) is 0 Å². The van der Waals surface area contributed by atoms with E-state index in [0.29, 0.717) is 5.41 Å². The molecule has 1 nitrogen and oxygen atoms in total. The fourth-order valence-corrected chi connectivity index (χ4v) is 4.76. The van der Waals surface area contributed by atoms with Crippen LogP contribution in [0, 0.1) is 16.7 Å². The van der Waals surface area contributed by atoms with Crippen molar-refractivity contribution in [1.29, 1.82) is 0 Å². The highest BCUT2D eigenvalue weighted by Gasteiger charge is 2.62. The number of hydrogen-bond donors (Lipinski definition) is 1. The molecule has 2 aliphatic carbocycles. The summed E-state index contributed by atoms with van der Waals surface area (Å²) < 4.78 is 1.20. The molecule has 0 radical (unpaired) electrons. The Kier molecular flexibility index (Phi) is 2.00. The molecule has 1 N–H and O–H groups in total. The third-order valence-corrected chi connectivity index (χ3v) is 6.32. The van der Waals surface area contributed by atoms with Crippen molar-refractivity contribution in [2.24, 2.45) is 16.7 Å². The Labute approximate surface area is 88.1 Å². The summed E-state index contributed by atoms with van der Waals surface area (Å²) in [4.78, 5) is 0. The SMILES string of the molecule is C[C@@]1(CI)[C@H]2CC[C@]1(C)[C@H](O)C2. The number of aliphatic hydroxyl groups excluding tert-OH is 1. The first-order valence-corrected chi connectivity index (χ1v) is 6.31. The molecule has 4 atom stereocenters. The quantitative estimate of drug-likeness (QED) is 0.578. The van der Waals surface area contributed by atoms with E-state index in [1.54, 1.807) is 0 Å². The van der Waals surface area contributed by atoms with Crippen molar-refractivity contribution in [3.05, 3.63) is 0 Å². The van der Waals surface area contributed by atoms with E-state index in [-0.39, 0.29) is 11.5 Å². The van der Waals surface area contributed by atoms with Gasteiger partial charge in [-0.3, -0.25) is 0 Å². The van der Waals surface area contributed by atoms with Crippen molar-refractivity contribution >= 4 is 22.6 Å². The maximum Gasteiger partial charge on any atom is 0.0602 e. The number of aliphatic hydroxyl groups is 1. The predicted molar refractivity (Wildman–Crippen MR) is 58.4 cm³/mol. The molecule has 0 spiro atoms. The molecule has 0 aromatic heterocycles. The molecule has 2 rings (SSSR count). The van der Waals surface area contributed by atoms with Gasteiger partial charge in [-0.05, 0) is 36.0 Å². The maximum atomic E-state index is 9.94. The molecule has 70 valence electrons. The number of hydrogen-bond acceptors (Lipinski definition) is 1. The van der Waals surface area contributed by atoms with E-state index in [1.165, 1.54) is 17.3 Å². The smallest absolute Gasteiger partial charge is 0.0602 e. The lowest BCUT2D eigenvalue weighted by Gasteiger charge is -2.38. The monoisotopic (exact) mass is 280 g/mol. The van der Waals surface area contributed by atoms with Crippen LogP contribution in [-0.4, -0.2) is 15.6 Å². The zero-order valence-electron chi connectivity index (χ0n) is 7.81. The Morgan fingerprint density at radius 1 is 1.50 bits per heavy atom. The molecule has 2 heteroatoms. The Hall–Kier alpha value is 0.690. The average Bonchev–Trinajstić information content (AvgIpc) is 2.39. The standard InChI is InChI=1S/C10H17IO/c1-9-4-3-7(5-8(9)12)10(9,2)6-11/h7-8,12H,3-6H2,1-2H3/t7-,8+,9+,10+/m0/s1. The minimum atomic E-state index is -0.0315. The van der Waals surface area contributed by atoms with Gasteiger partial charge in [0, 0.05) is 4.43 Å². The van der Waals surface area contributed by atoms with Crippen LogP contribution in [-0.2, 0) is 0 Å². The van der Waals surface area contributed by atoms with Crippen LogP contribution in [0.3, 0.4) is 0 Å². The lowest BCUT2D eigenvalue weighted by Crippen LogP contribution is -2.38. The summed E-state index contributed by atoms with van der Waals surface area (Å²) in [5.74, 6) is 0.786. The molecular formula is C10H17IO. The number of fused-ring (bicyclic) bond motifs is 2. The fourth-order valence-electron chi connectivity index (χ4n) is 3.26. The Morgan fingerprint density at radius 2 is 2.17 bits per heavy atom. The topological polar surface area (TPSA) is 20.2 Å². The van der Waals surface area contributed by atoms with Crippen molar-refractivity contribution in [3.8, 4) is 0 Å². The predicted octanol–water partition coefficient (Wildman–Crippen LogP) is 2.61. The molecule has 12 heavy (non-hydrogen) atoms. The van der Waals surface area contributed by atoms with Gasteiger partial charge in [0.05, 0.1) is 6.10 Å². The third kappa shape index (κ3) is 0.834. The normalized spacial score (nSPS) is 58.0. The molecule has 2 bridgehead atoms. The number of halogens is 1. The van der Waals surface area contributed by atoms with Crippen LogP contribution >= 0.6 is 22.6 Å². The van der Waals surface area contributed by atoms with Crippen LogP contribution < -0.4 is 0 Å². The van der Waals surface area contributed by atoms with Gasteiger partial charge < -0.3 is 5.11 Å². The van der Waals surface area contributed by atoms with Gasteiger partial charge in [-0.2, -0.15) is 0 Å². The zero-order chi connectivity index (χ0) is 8.98. The molecule has 2 aliphatic rings. The van der Waals surface area contributed by atoms with Crippen LogP contribution in [0.25, 0.3) is 0 Å². The van der Waals surface area contributed by atoms with Gasteiger partial charge in [0.15, 0.2) is 0 Å². The lowest BCUT2D eigenvalue weighted by molar-refractivity contribution is 0.0154. The van der Waals surface area contributed by atoms with Crippen molar-refractivity contribution in [3.63, 3.8) is 0 Å². The van der Waals surface area contributed by atoms with Gasteiger partial charge in [-0.1, -0.05) is 36.4 Å². The second kappa shape index (κ2) is 2.59. The van der Waals surface area contributed by atoms with Crippen molar-refractivity contribution in [1.82, 2.24) is 0 Å². The summed E-state index contributed by atoms with van der Waals surface area (Å²) in [5, 5.41) is 9.94. The van der Waals surface area contributed by atoms with E-state index in [2.05, 4.69) is 36.4 Å². The van der Waals surface area contributed by atoms with E-state index in [1.807, 2.05) is 0 Å².